The Morgan fingerprint density at radius 1 is 1.45 bits per heavy atom. The van der Waals surface area contributed by atoms with Crippen molar-refractivity contribution in [3.8, 4) is 5.75 Å². The molecule has 2 atom stereocenters. The van der Waals surface area contributed by atoms with Crippen molar-refractivity contribution in [2.45, 2.75) is 44.6 Å². The Kier molecular flexibility index (Phi) is 7.11. The van der Waals surface area contributed by atoms with Crippen LogP contribution in [0.2, 0.25) is 0 Å². The van der Waals surface area contributed by atoms with Crippen LogP contribution in [0.3, 0.4) is 0 Å². The summed E-state index contributed by atoms with van der Waals surface area (Å²) in [4.78, 5) is 0. The Morgan fingerprint density at radius 2 is 2.25 bits per heavy atom. The zero-order chi connectivity index (χ0) is 13.7. The molecule has 2 nitrogen and oxygen atoms in total. The van der Waals surface area contributed by atoms with Gasteiger partial charge in [0.25, 0.3) is 0 Å². The first kappa shape index (κ1) is 17.1. The lowest BCUT2D eigenvalue weighted by Gasteiger charge is -2.34. The van der Waals surface area contributed by atoms with Crippen LogP contribution in [0.25, 0.3) is 0 Å². The molecular formula is C17H26ClNO. The molecule has 0 saturated heterocycles. The van der Waals surface area contributed by atoms with Gasteiger partial charge in [-0.05, 0) is 49.4 Å². The first-order valence-electron chi connectivity index (χ1n) is 7.31. The van der Waals surface area contributed by atoms with Gasteiger partial charge in [-0.2, -0.15) is 0 Å². The minimum absolute atomic E-state index is 0. The van der Waals surface area contributed by atoms with Crippen molar-refractivity contribution in [3.05, 3.63) is 42.0 Å². The van der Waals surface area contributed by atoms with E-state index in [-0.39, 0.29) is 12.4 Å². The smallest absolute Gasteiger partial charge is 0.122 e. The van der Waals surface area contributed by atoms with E-state index in [9.17, 15) is 0 Å². The normalized spacial score (nSPS) is 20.7. The first-order chi connectivity index (χ1) is 9.31. The third-order valence-corrected chi connectivity index (χ3v) is 4.06. The summed E-state index contributed by atoms with van der Waals surface area (Å²) in [5.41, 5.74) is 2.84. The van der Waals surface area contributed by atoms with E-state index in [0.29, 0.717) is 12.0 Å². The second-order valence-electron chi connectivity index (χ2n) is 5.26. The van der Waals surface area contributed by atoms with Crippen molar-refractivity contribution < 1.29 is 4.74 Å². The van der Waals surface area contributed by atoms with Crippen LogP contribution in [-0.4, -0.2) is 19.7 Å². The lowest BCUT2D eigenvalue weighted by molar-refractivity contribution is 0.369. The highest BCUT2D eigenvalue weighted by Gasteiger charge is 2.29. The molecule has 0 amide bonds. The van der Waals surface area contributed by atoms with Crippen LogP contribution in [-0.2, 0) is 6.42 Å². The standard InChI is InChI=1S/C17H25NO.ClH/c1-4-7-14-13-8-6-9-17(19-3)15(13)10-11-16(14)18-12-5-2;/h4,6,8-9,14,16,18H,1,5,7,10-12H2,2-3H3;1H/t14-,16-;/m1./s1. The average molecular weight is 296 g/mol. The number of hydrogen-bond donors (Lipinski definition) is 1. The Hall–Kier alpha value is -0.990. The maximum absolute atomic E-state index is 5.51. The van der Waals surface area contributed by atoms with Gasteiger partial charge in [0.2, 0.25) is 0 Å². The van der Waals surface area contributed by atoms with E-state index in [2.05, 4.69) is 37.0 Å². The monoisotopic (exact) mass is 295 g/mol. The molecule has 0 radical (unpaired) electrons. The van der Waals surface area contributed by atoms with Crippen LogP contribution in [0.15, 0.2) is 30.9 Å². The van der Waals surface area contributed by atoms with E-state index in [0.717, 1.165) is 25.1 Å². The molecule has 0 fully saturated rings. The van der Waals surface area contributed by atoms with Gasteiger partial charge in [0.15, 0.2) is 0 Å². The van der Waals surface area contributed by atoms with Crippen LogP contribution in [0.5, 0.6) is 5.75 Å². The Bertz CT molecular complexity index is 433. The average Bonchev–Trinajstić information content (AvgIpc) is 2.46. The van der Waals surface area contributed by atoms with Gasteiger partial charge in [-0.1, -0.05) is 25.1 Å². The van der Waals surface area contributed by atoms with Crippen LogP contribution in [0.4, 0.5) is 0 Å². The zero-order valence-corrected chi connectivity index (χ0v) is 13.3. The first-order valence-corrected chi connectivity index (χ1v) is 7.31. The fourth-order valence-electron chi connectivity index (χ4n) is 3.15. The number of benzene rings is 1. The second kappa shape index (κ2) is 8.33. The van der Waals surface area contributed by atoms with Crippen LogP contribution >= 0.6 is 12.4 Å². The van der Waals surface area contributed by atoms with Gasteiger partial charge in [-0.25, -0.2) is 0 Å². The SMILES string of the molecule is C=CC[C@@H]1c2cccc(OC)c2CC[C@H]1NCCC.Cl. The third-order valence-electron chi connectivity index (χ3n) is 4.06. The van der Waals surface area contributed by atoms with Crippen molar-refractivity contribution in [2.75, 3.05) is 13.7 Å². The molecule has 3 heteroatoms. The summed E-state index contributed by atoms with van der Waals surface area (Å²) in [6, 6.07) is 7.00. The van der Waals surface area contributed by atoms with E-state index in [1.165, 1.54) is 24.0 Å². The minimum atomic E-state index is 0. The number of ether oxygens (including phenoxy) is 1. The fraction of sp³-hybridized carbons (Fsp3) is 0.529. The van der Waals surface area contributed by atoms with E-state index in [4.69, 9.17) is 4.74 Å². The Morgan fingerprint density at radius 3 is 2.90 bits per heavy atom. The summed E-state index contributed by atoms with van der Waals surface area (Å²) in [5, 5.41) is 3.70. The maximum atomic E-state index is 5.51. The van der Waals surface area contributed by atoms with E-state index >= 15 is 0 Å². The highest BCUT2D eigenvalue weighted by molar-refractivity contribution is 5.85. The number of rotatable bonds is 6. The lowest BCUT2D eigenvalue weighted by atomic mass is 9.77. The molecule has 112 valence electrons. The van der Waals surface area contributed by atoms with Crippen LogP contribution in [0, 0.1) is 0 Å². The molecule has 1 aliphatic carbocycles. The fourth-order valence-corrected chi connectivity index (χ4v) is 3.15. The Labute approximate surface area is 129 Å². The summed E-state index contributed by atoms with van der Waals surface area (Å²) in [5.74, 6) is 1.57. The molecule has 1 aliphatic rings. The Balaban J connectivity index is 0.00000200. The van der Waals surface area contributed by atoms with Crippen molar-refractivity contribution in [1.29, 1.82) is 0 Å². The maximum Gasteiger partial charge on any atom is 0.122 e. The van der Waals surface area contributed by atoms with Crippen molar-refractivity contribution in [2.24, 2.45) is 0 Å². The third kappa shape index (κ3) is 3.56. The predicted octanol–water partition coefficient (Wildman–Crippen LogP) is 4.09. The van der Waals surface area contributed by atoms with Crippen molar-refractivity contribution >= 4 is 12.4 Å². The molecule has 0 aliphatic heterocycles. The second-order valence-corrected chi connectivity index (χ2v) is 5.26. The summed E-state index contributed by atoms with van der Waals surface area (Å²) >= 11 is 0. The summed E-state index contributed by atoms with van der Waals surface area (Å²) in [7, 11) is 1.76. The molecule has 20 heavy (non-hydrogen) atoms. The number of nitrogens with one attached hydrogen (secondary N) is 1. The molecule has 1 aromatic carbocycles. The number of fused-ring (bicyclic) bond motifs is 1. The largest absolute Gasteiger partial charge is 0.496 e. The summed E-state index contributed by atoms with van der Waals surface area (Å²) in [6.07, 6.45) is 6.55. The number of allylic oxidation sites excluding steroid dienone is 1. The predicted molar refractivity (Wildman–Crippen MR) is 88.2 cm³/mol. The molecule has 0 aromatic heterocycles. The summed E-state index contributed by atoms with van der Waals surface area (Å²) < 4.78 is 5.51. The molecule has 0 unspecified atom stereocenters. The topological polar surface area (TPSA) is 21.3 Å². The van der Waals surface area contributed by atoms with Gasteiger partial charge in [0.05, 0.1) is 7.11 Å². The molecule has 0 heterocycles. The minimum Gasteiger partial charge on any atom is -0.496 e. The van der Waals surface area contributed by atoms with Gasteiger partial charge in [-0.15, -0.1) is 19.0 Å². The van der Waals surface area contributed by atoms with Gasteiger partial charge in [0.1, 0.15) is 5.75 Å². The highest BCUT2D eigenvalue weighted by Crippen LogP contribution is 2.38. The number of methoxy groups -OCH3 is 1. The van der Waals surface area contributed by atoms with Gasteiger partial charge in [-0.3, -0.25) is 0 Å². The quantitative estimate of drug-likeness (QED) is 0.798. The van der Waals surface area contributed by atoms with Crippen LogP contribution < -0.4 is 10.1 Å². The van der Waals surface area contributed by atoms with Crippen molar-refractivity contribution in [1.82, 2.24) is 5.32 Å². The molecule has 1 aromatic rings. The van der Waals surface area contributed by atoms with Crippen LogP contribution in [0.1, 0.15) is 43.2 Å². The molecule has 0 spiro atoms. The van der Waals surface area contributed by atoms with E-state index in [1.54, 1.807) is 7.11 Å². The number of halogens is 1. The zero-order valence-electron chi connectivity index (χ0n) is 12.5. The van der Waals surface area contributed by atoms with E-state index in [1.807, 2.05) is 6.08 Å². The highest BCUT2D eigenvalue weighted by atomic mass is 35.5. The van der Waals surface area contributed by atoms with E-state index < -0.39 is 0 Å². The number of hydrogen-bond acceptors (Lipinski definition) is 2. The van der Waals surface area contributed by atoms with Gasteiger partial charge in [0, 0.05) is 12.0 Å². The molecular weight excluding hydrogens is 270 g/mol. The molecule has 1 N–H and O–H groups in total. The molecule has 2 rings (SSSR count). The molecule has 0 bridgehead atoms. The van der Waals surface area contributed by atoms with Crippen molar-refractivity contribution in [3.63, 3.8) is 0 Å². The summed E-state index contributed by atoms with van der Waals surface area (Å²) in [6.45, 7) is 7.24. The lowest BCUT2D eigenvalue weighted by Crippen LogP contribution is -2.38. The van der Waals surface area contributed by atoms with Gasteiger partial charge >= 0.3 is 0 Å². The molecule has 0 saturated carbocycles. The van der Waals surface area contributed by atoms with Gasteiger partial charge < -0.3 is 10.1 Å².